The fourth-order valence-corrected chi connectivity index (χ4v) is 2.21. The fraction of sp³-hybridized carbons (Fsp3) is 0.308. The Morgan fingerprint density at radius 2 is 2.12 bits per heavy atom. The minimum atomic E-state index is -0.246. The van der Waals surface area contributed by atoms with E-state index in [2.05, 4.69) is 34.0 Å². The number of hydrogen-bond donors (Lipinski definition) is 0. The molecule has 2 rings (SSSR count). The standard InChI is InChI=1S/C13H14BrFN2/c1-3-4-10-8-13(17(2)16-10)9-5-6-12(15)11(14)7-9/h5-8H,3-4H2,1-2H3. The molecule has 0 saturated carbocycles. The lowest BCUT2D eigenvalue weighted by Crippen LogP contribution is -1.94. The maximum atomic E-state index is 13.2. The zero-order valence-electron chi connectivity index (χ0n) is 9.87. The van der Waals surface area contributed by atoms with Gasteiger partial charge in [-0.1, -0.05) is 13.3 Å². The van der Waals surface area contributed by atoms with E-state index in [0.29, 0.717) is 4.47 Å². The molecule has 0 radical (unpaired) electrons. The predicted octanol–water partition coefficient (Wildman–Crippen LogP) is 3.94. The van der Waals surface area contributed by atoms with E-state index < -0.39 is 0 Å². The van der Waals surface area contributed by atoms with Crippen LogP contribution in [0.2, 0.25) is 0 Å². The van der Waals surface area contributed by atoms with Crippen molar-refractivity contribution in [3.8, 4) is 11.3 Å². The largest absolute Gasteiger partial charge is 0.268 e. The van der Waals surface area contributed by atoms with Crippen molar-refractivity contribution in [3.05, 3.63) is 40.2 Å². The van der Waals surface area contributed by atoms with E-state index >= 15 is 0 Å². The second-order valence-corrected chi connectivity index (χ2v) is 4.88. The molecule has 4 heteroatoms. The molecule has 1 aromatic carbocycles. The number of hydrogen-bond acceptors (Lipinski definition) is 1. The maximum Gasteiger partial charge on any atom is 0.137 e. The van der Waals surface area contributed by atoms with Crippen molar-refractivity contribution in [2.75, 3.05) is 0 Å². The predicted molar refractivity (Wildman–Crippen MR) is 70.3 cm³/mol. The second kappa shape index (κ2) is 5.00. The van der Waals surface area contributed by atoms with Crippen molar-refractivity contribution in [3.63, 3.8) is 0 Å². The molecule has 0 aliphatic rings. The third-order valence-corrected chi connectivity index (χ3v) is 3.26. The lowest BCUT2D eigenvalue weighted by atomic mass is 10.1. The topological polar surface area (TPSA) is 17.8 Å². The monoisotopic (exact) mass is 296 g/mol. The molecule has 0 amide bonds. The molecule has 0 fully saturated rings. The van der Waals surface area contributed by atoms with Crippen LogP contribution in [0.5, 0.6) is 0 Å². The Labute approximate surface area is 109 Å². The van der Waals surface area contributed by atoms with Crippen LogP contribution in [-0.4, -0.2) is 9.78 Å². The highest BCUT2D eigenvalue weighted by molar-refractivity contribution is 9.10. The summed E-state index contributed by atoms with van der Waals surface area (Å²) in [5.41, 5.74) is 3.05. The zero-order valence-corrected chi connectivity index (χ0v) is 11.5. The molecule has 0 N–H and O–H groups in total. The summed E-state index contributed by atoms with van der Waals surface area (Å²) in [4.78, 5) is 0. The van der Waals surface area contributed by atoms with Crippen molar-refractivity contribution >= 4 is 15.9 Å². The van der Waals surface area contributed by atoms with Gasteiger partial charge in [0.1, 0.15) is 5.82 Å². The molecular weight excluding hydrogens is 283 g/mol. The van der Waals surface area contributed by atoms with Crippen molar-refractivity contribution in [1.82, 2.24) is 9.78 Å². The van der Waals surface area contributed by atoms with Gasteiger partial charge in [0.05, 0.1) is 15.9 Å². The molecule has 1 aromatic heterocycles. The molecule has 0 bridgehead atoms. The van der Waals surface area contributed by atoms with Crippen molar-refractivity contribution in [1.29, 1.82) is 0 Å². The number of aryl methyl sites for hydroxylation is 2. The van der Waals surface area contributed by atoms with Gasteiger partial charge in [-0.25, -0.2) is 4.39 Å². The smallest absolute Gasteiger partial charge is 0.137 e. The summed E-state index contributed by atoms with van der Waals surface area (Å²) in [6.45, 7) is 2.13. The summed E-state index contributed by atoms with van der Waals surface area (Å²) in [7, 11) is 1.91. The Balaban J connectivity index is 2.41. The summed E-state index contributed by atoms with van der Waals surface area (Å²) >= 11 is 3.20. The van der Waals surface area contributed by atoms with Gasteiger partial charge in [-0.15, -0.1) is 0 Å². The van der Waals surface area contributed by atoms with E-state index in [9.17, 15) is 4.39 Å². The molecule has 0 spiro atoms. The Morgan fingerprint density at radius 1 is 1.35 bits per heavy atom. The molecule has 17 heavy (non-hydrogen) atoms. The molecule has 2 aromatic rings. The molecular formula is C13H14BrFN2. The van der Waals surface area contributed by atoms with Crippen LogP contribution in [0.15, 0.2) is 28.7 Å². The van der Waals surface area contributed by atoms with E-state index in [1.807, 2.05) is 11.7 Å². The quantitative estimate of drug-likeness (QED) is 0.839. The van der Waals surface area contributed by atoms with Crippen LogP contribution in [0.1, 0.15) is 19.0 Å². The third-order valence-electron chi connectivity index (χ3n) is 2.65. The highest BCUT2D eigenvalue weighted by atomic mass is 79.9. The van der Waals surface area contributed by atoms with Crippen molar-refractivity contribution in [2.24, 2.45) is 7.05 Å². The average molecular weight is 297 g/mol. The molecule has 0 aliphatic carbocycles. The van der Waals surface area contributed by atoms with Gasteiger partial charge in [0.25, 0.3) is 0 Å². The van der Waals surface area contributed by atoms with Crippen LogP contribution >= 0.6 is 15.9 Å². The molecule has 1 heterocycles. The molecule has 0 saturated heterocycles. The third kappa shape index (κ3) is 2.57. The highest BCUT2D eigenvalue weighted by Gasteiger charge is 2.08. The number of rotatable bonds is 3. The summed E-state index contributed by atoms with van der Waals surface area (Å²) in [6, 6.07) is 7.07. The summed E-state index contributed by atoms with van der Waals surface area (Å²) in [5.74, 6) is -0.246. The zero-order chi connectivity index (χ0) is 12.4. The number of benzene rings is 1. The second-order valence-electron chi connectivity index (χ2n) is 4.02. The van der Waals surface area contributed by atoms with Gasteiger partial charge >= 0.3 is 0 Å². The highest BCUT2D eigenvalue weighted by Crippen LogP contribution is 2.25. The lowest BCUT2D eigenvalue weighted by Gasteiger charge is -2.02. The lowest BCUT2D eigenvalue weighted by molar-refractivity contribution is 0.621. The van der Waals surface area contributed by atoms with Crippen LogP contribution in [0.25, 0.3) is 11.3 Å². The number of aromatic nitrogens is 2. The molecule has 2 nitrogen and oxygen atoms in total. The van der Waals surface area contributed by atoms with Gasteiger partial charge in [-0.2, -0.15) is 5.10 Å². The molecule has 90 valence electrons. The van der Waals surface area contributed by atoms with Crippen LogP contribution in [0.4, 0.5) is 4.39 Å². The summed E-state index contributed by atoms with van der Waals surface area (Å²) < 4.78 is 15.5. The SMILES string of the molecule is CCCc1cc(-c2ccc(F)c(Br)c2)n(C)n1. The Morgan fingerprint density at radius 3 is 2.76 bits per heavy atom. The first-order valence-corrected chi connectivity index (χ1v) is 6.39. The first-order chi connectivity index (χ1) is 8.11. The first-order valence-electron chi connectivity index (χ1n) is 5.60. The first kappa shape index (κ1) is 12.3. The summed E-state index contributed by atoms with van der Waals surface area (Å²) in [5, 5.41) is 4.44. The van der Waals surface area contributed by atoms with Gasteiger partial charge in [0.15, 0.2) is 0 Å². The van der Waals surface area contributed by atoms with Crippen molar-refractivity contribution in [2.45, 2.75) is 19.8 Å². The molecule has 0 aliphatic heterocycles. The minimum absolute atomic E-state index is 0.246. The van der Waals surface area contributed by atoms with Gasteiger partial charge in [-0.3, -0.25) is 4.68 Å². The number of halogens is 2. The van der Waals surface area contributed by atoms with Gasteiger partial charge in [-0.05, 0) is 46.6 Å². The Kier molecular flexibility index (Phi) is 3.62. The molecule has 0 unspecified atom stereocenters. The summed E-state index contributed by atoms with van der Waals surface area (Å²) in [6.07, 6.45) is 2.04. The number of nitrogens with zero attached hydrogens (tertiary/aromatic N) is 2. The van der Waals surface area contributed by atoms with Gasteiger partial charge in [0.2, 0.25) is 0 Å². The van der Waals surface area contributed by atoms with Crippen molar-refractivity contribution < 1.29 is 4.39 Å². The van der Waals surface area contributed by atoms with E-state index in [-0.39, 0.29) is 5.82 Å². The maximum absolute atomic E-state index is 13.2. The van der Waals surface area contributed by atoms with Crippen LogP contribution in [0, 0.1) is 5.82 Å². The minimum Gasteiger partial charge on any atom is -0.268 e. The van der Waals surface area contributed by atoms with E-state index in [1.54, 1.807) is 12.1 Å². The average Bonchev–Trinajstić information content (AvgIpc) is 2.64. The Bertz CT molecular complexity index is 534. The van der Waals surface area contributed by atoms with Crippen LogP contribution in [0.3, 0.4) is 0 Å². The van der Waals surface area contributed by atoms with E-state index in [4.69, 9.17) is 0 Å². The van der Waals surface area contributed by atoms with Gasteiger partial charge in [0, 0.05) is 12.6 Å². The van der Waals surface area contributed by atoms with E-state index in [1.165, 1.54) is 6.07 Å². The van der Waals surface area contributed by atoms with Crippen LogP contribution in [-0.2, 0) is 13.5 Å². The normalized spacial score (nSPS) is 10.8. The van der Waals surface area contributed by atoms with E-state index in [0.717, 1.165) is 29.8 Å². The fourth-order valence-electron chi connectivity index (χ4n) is 1.83. The molecule has 0 atom stereocenters. The van der Waals surface area contributed by atoms with Crippen LogP contribution < -0.4 is 0 Å². The Hall–Kier alpha value is -1.16. The van der Waals surface area contributed by atoms with Gasteiger partial charge < -0.3 is 0 Å².